The highest BCUT2D eigenvalue weighted by Crippen LogP contribution is 2.37. The van der Waals surface area contributed by atoms with Crippen LogP contribution in [0.4, 0.5) is 0 Å². The first kappa shape index (κ1) is 18.7. The Morgan fingerprint density at radius 3 is 2.61 bits per heavy atom. The fourth-order valence-corrected chi connectivity index (χ4v) is 4.73. The van der Waals surface area contributed by atoms with E-state index in [9.17, 15) is 9.59 Å². The quantitative estimate of drug-likeness (QED) is 0.860. The first-order valence-corrected chi connectivity index (χ1v) is 10.2. The Balaban J connectivity index is 1.58. The molecule has 0 spiro atoms. The molecule has 6 heteroatoms. The van der Waals surface area contributed by atoms with Gasteiger partial charge in [-0.2, -0.15) is 0 Å². The highest BCUT2D eigenvalue weighted by atomic mass is 16.5. The molecule has 148 valence electrons. The zero-order valence-electron chi connectivity index (χ0n) is 16.1. The molecule has 2 fully saturated rings. The third-order valence-corrected chi connectivity index (χ3v) is 6.26. The number of likely N-dealkylation sites (tertiary alicyclic amines) is 1. The number of nitrogens with two attached hydrogens (primary N) is 1. The van der Waals surface area contributed by atoms with Crippen molar-refractivity contribution >= 4 is 11.8 Å². The summed E-state index contributed by atoms with van der Waals surface area (Å²) in [6.45, 7) is 0.581. The molecule has 1 aromatic carbocycles. The Morgan fingerprint density at radius 2 is 1.89 bits per heavy atom. The molecular formula is C22H27N3O3. The van der Waals surface area contributed by atoms with Crippen LogP contribution in [0.5, 0.6) is 0 Å². The van der Waals surface area contributed by atoms with Gasteiger partial charge in [0.25, 0.3) is 0 Å². The molecule has 28 heavy (non-hydrogen) atoms. The SMILES string of the molecule is NC(=O)[C@]1(Cc2cc(-c3ccccc3)no2)CCCN1C(=O)C1CCCCC1. The summed E-state index contributed by atoms with van der Waals surface area (Å²) in [5.41, 5.74) is 6.52. The molecular weight excluding hydrogens is 354 g/mol. The van der Waals surface area contributed by atoms with Gasteiger partial charge in [0.1, 0.15) is 17.0 Å². The number of amides is 2. The molecule has 1 aromatic heterocycles. The van der Waals surface area contributed by atoms with Crippen LogP contribution in [-0.4, -0.2) is 34.0 Å². The highest BCUT2D eigenvalue weighted by Gasteiger charge is 2.50. The molecule has 4 rings (SSSR count). The minimum absolute atomic E-state index is 0.0141. The average Bonchev–Trinajstić information content (AvgIpc) is 3.37. The summed E-state index contributed by atoms with van der Waals surface area (Å²) in [6.07, 6.45) is 6.79. The summed E-state index contributed by atoms with van der Waals surface area (Å²) in [5.74, 6) is 0.229. The number of primary amides is 1. The van der Waals surface area contributed by atoms with Crippen LogP contribution < -0.4 is 5.73 Å². The van der Waals surface area contributed by atoms with E-state index in [1.54, 1.807) is 4.90 Å². The number of nitrogens with zero attached hydrogens (tertiary/aromatic N) is 2. The third-order valence-electron chi connectivity index (χ3n) is 6.26. The van der Waals surface area contributed by atoms with Gasteiger partial charge in [-0.05, 0) is 25.7 Å². The number of rotatable bonds is 5. The number of benzene rings is 1. The van der Waals surface area contributed by atoms with Crippen molar-refractivity contribution in [2.75, 3.05) is 6.54 Å². The van der Waals surface area contributed by atoms with Crippen molar-refractivity contribution in [2.45, 2.75) is 56.9 Å². The van der Waals surface area contributed by atoms with E-state index in [4.69, 9.17) is 10.3 Å². The van der Waals surface area contributed by atoms with E-state index in [0.717, 1.165) is 43.4 Å². The maximum absolute atomic E-state index is 13.2. The van der Waals surface area contributed by atoms with Crippen LogP contribution >= 0.6 is 0 Å². The molecule has 1 atom stereocenters. The third kappa shape index (κ3) is 3.43. The fraction of sp³-hybridized carbons (Fsp3) is 0.500. The highest BCUT2D eigenvalue weighted by molar-refractivity contribution is 5.92. The Hall–Kier alpha value is -2.63. The largest absolute Gasteiger partial charge is 0.368 e. The molecule has 2 heterocycles. The second-order valence-electron chi connectivity index (χ2n) is 8.05. The van der Waals surface area contributed by atoms with Crippen molar-refractivity contribution in [1.29, 1.82) is 0 Å². The van der Waals surface area contributed by atoms with E-state index in [1.165, 1.54) is 6.42 Å². The normalized spacial score (nSPS) is 23.1. The summed E-state index contributed by atoms with van der Waals surface area (Å²) in [4.78, 5) is 27.5. The average molecular weight is 381 g/mol. The van der Waals surface area contributed by atoms with Crippen LogP contribution in [0.25, 0.3) is 11.3 Å². The van der Waals surface area contributed by atoms with E-state index >= 15 is 0 Å². The molecule has 2 aromatic rings. The molecule has 1 aliphatic heterocycles. The lowest BCUT2D eigenvalue weighted by Crippen LogP contribution is -2.58. The van der Waals surface area contributed by atoms with Crippen molar-refractivity contribution in [3.05, 3.63) is 42.2 Å². The fourth-order valence-electron chi connectivity index (χ4n) is 4.73. The van der Waals surface area contributed by atoms with Gasteiger partial charge < -0.3 is 15.2 Å². The topological polar surface area (TPSA) is 89.4 Å². The van der Waals surface area contributed by atoms with Gasteiger partial charge >= 0.3 is 0 Å². The molecule has 0 bridgehead atoms. The summed E-state index contributed by atoms with van der Waals surface area (Å²) >= 11 is 0. The van der Waals surface area contributed by atoms with Crippen molar-refractivity contribution in [2.24, 2.45) is 11.7 Å². The van der Waals surface area contributed by atoms with Gasteiger partial charge in [-0.3, -0.25) is 9.59 Å². The first-order valence-electron chi connectivity index (χ1n) is 10.2. The molecule has 1 aliphatic carbocycles. The van der Waals surface area contributed by atoms with E-state index in [2.05, 4.69) is 5.16 Å². The van der Waals surface area contributed by atoms with Crippen LogP contribution in [0.15, 0.2) is 40.9 Å². The smallest absolute Gasteiger partial charge is 0.243 e. The second kappa shape index (κ2) is 7.78. The van der Waals surface area contributed by atoms with Gasteiger partial charge in [-0.1, -0.05) is 54.8 Å². The molecule has 1 saturated heterocycles. The first-order chi connectivity index (χ1) is 13.6. The molecule has 0 radical (unpaired) electrons. The summed E-state index contributed by atoms with van der Waals surface area (Å²) in [5, 5.41) is 4.15. The number of carbonyl (C=O) groups excluding carboxylic acids is 2. The van der Waals surface area contributed by atoms with E-state index in [0.29, 0.717) is 18.7 Å². The van der Waals surface area contributed by atoms with Crippen LogP contribution in [0.1, 0.15) is 50.7 Å². The van der Waals surface area contributed by atoms with Crippen molar-refractivity contribution in [3.63, 3.8) is 0 Å². The van der Waals surface area contributed by atoms with Crippen LogP contribution in [0.2, 0.25) is 0 Å². The lowest BCUT2D eigenvalue weighted by Gasteiger charge is -2.38. The zero-order valence-corrected chi connectivity index (χ0v) is 16.1. The Bertz CT molecular complexity index is 842. The molecule has 2 N–H and O–H groups in total. The van der Waals surface area contributed by atoms with Gasteiger partial charge in [-0.25, -0.2) is 0 Å². The monoisotopic (exact) mass is 381 g/mol. The van der Waals surface area contributed by atoms with E-state index < -0.39 is 11.4 Å². The van der Waals surface area contributed by atoms with Gasteiger partial charge in [0, 0.05) is 30.5 Å². The molecule has 2 aliphatic rings. The summed E-state index contributed by atoms with van der Waals surface area (Å²) in [7, 11) is 0. The lowest BCUT2D eigenvalue weighted by atomic mass is 9.85. The second-order valence-corrected chi connectivity index (χ2v) is 8.05. The molecule has 0 unspecified atom stereocenters. The Labute approximate surface area is 165 Å². The Kier molecular flexibility index (Phi) is 5.20. The van der Waals surface area contributed by atoms with Crippen LogP contribution in [-0.2, 0) is 16.0 Å². The van der Waals surface area contributed by atoms with Crippen molar-refractivity contribution in [3.8, 4) is 11.3 Å². The number of carbonyl (C=O) groups is 2. The predicted molar refractivity (Wildman–Crippen MR) is 105 cm³/mol. The minimum atomic E-state index is -1.01. The Morgan fingerprint density at radius 1 is 1.14 bits per heavy atom. The lowest BCUT2D eigenvalue weighted by molar-refractivity contribution is -0.147. The van der Waals surface area contributed by atoms with Gasteiger partial charge in [-0.15, -0.1) is 0 Å². The number of hydrogen-bond donors (Lipinski definition) is 1. The van der Waals surface area contributed by atoms with E-state index in [1.807, 2.05) is 36.4 Å². The van der Waals surface area contributed by atoms with Crippen LogP contribution in [0.3, 0.4) is 0 Å². The number of hydrogen-bond acceptors (Lipinski definition) is 4. The molecule has 2 amide bonds. The molecule has 6 nitrogen and oxygen atoms in total. The van der Waals surface area contributed by atoms with Gasteiger partial charge in [0.15, 0.2) is 0 Å². The standard InChI is InChI=1S/C22H27N3O3/c23-21(27)22(12-7-13-25(22)20(26)17-10-5-2-6-11-17)15-18-14-19(24-28-18)16-8-3-1-4-9-16/h1,3-4,8-9,14,17H,2,5-7,10-13,15H2,(H2,23,27)/t22-/m1/s1. The van der Waals surface area contributed by atoms with E-state index in [-0.39, 0.29) is 18.2 Å². The van der Waals surface area contributed by atoms with Crippen molar-refractivity contribution < 1.29 is 14.1 Å². The maximum atomic E-state index is 13.2. The van der Waals surface area contributed by atoms with Gasteiger partial charge in [0.2, 0.25) is 11.8 Å². The minimum Gasteiger partial charge on any atom is -0.368 e. The van der Waals surface area contributed by atoms with Crippen LogP contribution in [0, 0.1) is 5.92 Å². The van der Waals surface area contributed by atoms with Crippen molar-refractivity contribution in [1.82, 2.24) is 10.1 Å². The summed E-state index contributed by atoms with van der Waals surface area (Å²) in [6, 6.07) is 11.6. The van der Waals surface area contributed by atoms with Gasteiger partial charge in [0.05, 0.1) is 0 Å². The summed E-state index contributed by atoms with van der Waals surface area (Å²) < 4.78 is 5.53. The number of aromatic nitrogens is 1. The maximum Gasteiger partial charge on any atom is 0.243 e. The predicted octanol–water partition coefficient (Wildman–Crippen LogP) is 3.31. The zero-order chi connectivity index (χ0) is 19.6. The molecule has 1 saturated carbocycles.